The van der Waals surface area contributed by atoms with Crippen LogP contribution in [-0.2, 0) is 0 Å². The summed E-state index contributed by atoms with van der Waals surface area (Å²) in [6.07, 6.45) is 0. The molecule has 2 aromatic rings. The van der Waals surface area contributed by atoms with Crippen molar-refractivity contribution in [1.82, 2.24) is 0 Å². The van der Waals surface area contributed by atoms with Gasteiger partial charge in [-0.05, 0) is 0 Å². The molecule has 0 N–H and O–H groups in total. The molecule has 0 radical (unpaired) electrons. The minimum absolute atomic E-state index is 0.304. The van der Waals surface area contributed by atoms with E-state index >= 15 is 0 Å². The molecule has 2 aromatic carbocycles. The predicted molar refractivity (Wildman–Crippen MR) is 96.9 cm³/mol. The van der Waals surface area contributed by atoms with Gasteiger partial charge in [-0.1, -0.05) is 0 Å². The van der Waals surface area contributed by atoms with Crippen LogP contribution in [0.1, 0.15) is 0 Å². The molecule has 0 nitrogen and oxygen atoms in total. The average molecular weight is 685 g/mol. The van der Waals surface area contributed by atoms with Crippen molar-refractivity contribution in [3.05, 3.63) is 55.7 Å². The van der Waals surface area contributed by atoms with Crippen molar-refractivity contribution in [2.45, 2.75) is 0 Å². The Labute approximate surface area is 155 Å². The third kappa shape index (κ3) is 5.58. The van der Waals surface area contributed by atoms with E-state index in [9.17, 15) is 0 Å². The molecule has 0 heterocycles. The molecule has 90 valence electrons. The third-order valence-corrected chi connectivity index (χ3v) is 8.76. The van der Waals surface area contributed by atoms with E-state index in [2.05, 4.69) is 102 Å². The fourth-order valence-corrected chi connectivity index (χ4v) is 5.94. The molecular weight excluding hydrogens is 677 g/mol. The summed E-state index contributed by atoms with van der Waals surface area (Å²) in [7, 11) is 0. The summed E-state index contributed by atoms with van der Waals surface area (Å²) >= 11 is 4.06. The molecule has 2 rings (SSSR count). The van der Waals surface area contributed by atoms with Gasteiger partial charge in [0.05, 0.1) is 0 Å². The Balaban J connectivity index is 1.89. The zero-order valence-corrected chi connectivity index (χ0v) is 18.2. The van der Waals surface area contributed by atoms with Crippen LogP contribution < -0.4 is 7.22 Å². The second-order valence-corrected chi connectivity index (χ2v) is 10.8. The van der Waals surface area contributed by atoms with E-state index in [1.165, 1.54) is 14.4 Å². The summed E-state index contributed by atoms with van der Waals surface area (Å²) in [5.41, 5.74) is 0. The number of rotatable bonds is 2. The van der Waals surface area contributed by atoms with Crippen molar-refractivity contribution >= 4 is 94.3 Å². The number of hydrogen-bond donors (Lipinski definition) is 0. The van der Waals surface area contributed by atoms with Crippen molar-refractivity contribution in [1.29, 1.82) is 0 Å². The maximum atomic E-state index is 3.42. The molecule has 0 spiro atoms. The van der Waals surface area contributed by atoms with Gasteiger partial charge in [-0.25, -0.2) is 0 Å². The Bertz CT molecular complexity index is 514. The van der Waals surface area contributed by atoms with Gasteiger partial charge in [0, 0.05) is 0 Å². The molecule has 0 saturated heterocycles. The maximum absolute atomic E-state index is 3.42. The SMILES string of the molecule is Ic1ccc([Te]C#C[Te]c2ccc(I)cc2)cc1. The molecular formula is C14H8I2Te2. The van der Waals surface area contributed by atoms with Crippen LogP contribution in [0.3, 0.4) is 0 Å². The summed E-state index contributed by atoms with van der Waals surface area (Å²) in [6.45, 7) is 0. The third-order valence-electron chi connectivity index (χ3n) is 2.01. The van der Waals surface area contributed by atoms with Crippen LogP contribution in [0.15, 0.2) is 48.5 Å². The zero-order valence-electron chi connectivity index (χ0n) is 9.19. The summed E-state index contributed by atoms with van der Waals surface area (Å²) < 4.78 is 12.3. The monoisotopic (exact) mass is 690 g/mol. The second kappa shape index (κ2) is 8.35. The quantitative estimate of drug-likeness (QED) is 0.259. The second-order valence-electron chi connectivity index (χ2n) is 3.32. The van der Waals surface area contributed by atoms with E-state index < -0.39 is 0 Å². The molecule has 0 amide bonds. The van der Waals surface area contributed by atoms with Crippen LogP contribution in [0.2, 0.25) is 0 Å². The first-order valence-corrected chi connectivity index (χ1v) is 11.9. The van der Waals surface area contributed by atoms with Gasteiger partial charge in [0.1, 0.15) is 0 Å². The van der Waals surface area contributed by atoms with Crippen molar-refractivity contribution in [2.24, 2.45) is 0 Å². The van der Waals surface area contributed by atoms with E-state index in [1.54, 1.807) is 0 Å². The van der Waals surface area contributed by atoms with Crippen LogP contribution in [-0.4, -0.2) is 41.8 Å². The van der Waals surface area contributed by atoms with Crippen molar-refractivity contribution in [3.63, 3.8) is 0 Å². The van der Waals surface area contributed by atoms with Crippen LogP contribution in [0.25, 0.3) is 0 Å². The Morgan fingerprint density at radius 3 is 1.28 bits per heavy atom. The fraction of sp³-hybridized carbons (Fsp3) is 0. The normalized spacial score (nSPS) is 9.67. The van der Waals surface area contributed by atoms with Gasteiger partial charge in [-0.15, -0.1) is 0 Å². The molecule has 4 heteroatoms. The fourth-order valence-electron chi connectivity index (χ4n) is 1.16. The first-order valence-electron chi connectivity index (χ1n) is 5.09. The average Bonchev–Trinajstić information content (AvgIpc) is 2.39. The zero-order chi connectivity index (χ0) is 12.8. The minimum atomic E-state index is -0.304. The van der Waals surface area contributed by atoms with Gasteiger partial charge in [0.25, 0.3) is 0 Å². The topological polar surface area (TPSA) is 0 Å². The van der Waals surface area contributed by atoms with Crippen LogP contribution in [0, 0.1) is 15.1 Å². The van der Waals surface area contributed by atoms with E-state index in [-0.39, 0.29) is 41.8 Å². The molecule has 18 heavy (non-hydrogen) atoms. The van der Waals surface area contributed by atoms with Crippen LogP contribution in [0.5, 0.6) is 0 Å². The van der Waals surface area contributed by atoms with Gasteiger partial charge >= 0.3 is 158 Å². The molecule has 0 unspecified atom stereocenters. The van der Waals surface area contributed by atoms with Crippen molar-refractivity contribution in [2.75, 3.05) is 0 Å². The molecule has 0 fully saturated rings. The first-order chi connectivity index (χ1) is 8.74. The Morgan fingerprint density at radius 2 is 0.944 bits per heavy atom. The van der Waals surface area contributed by atoms with Gasteiger partial charge in [0.2, 0.25) is 0 Å². The van der Waals surface area contributed by atoms with Crippen LogP contribution in [0.4, 0.5) is 0 Å². The van der Waals surface area contributed by atoms with E-state index in [1.807, 2.05) is 0 Å². The standard InChI is InChI=1S/C14H8I2Te2/c15-11-1-5-13(6-2-11)17-9-10-18-14-7-3-12(16)4-8-14/h1-8H. The summed E-state index contributed by atoms with van der Waals surface area (Å²) in [5.74, 6) is 0. The Morgan fingerprint density at radius 1 is 0.611 bits per heavy atom. The molecule has 0 bridgehead atoms. The molecule has 0 aromatic heterocycles. The van der Waals surface area contributed by atoms with Crippen molar-refractivity contribution in [3.8, 4) is 7.94 Å². The van der Waals surface area contributed by atoms with E-state index in [0.29, 0.717) is 0 Å². The molecule has 0 aliphatic heterocycles. The van der Waals surface area contributed by atoms with Gasteiger partial charge < -0.3 is 0 Å². The Hall–Kier alpha value is 1.04. The Kier molecular flexibility index (Phi) is 7.16. The van der Waals surface area contributed by atoms with Crippen molar-refractivity contribution < 1.29 is 0 Å². The van der Waals surface area contributed by atoms with Gasteiger partial charge in [-0.3, -0.25) is 0 Å². The first kappa shape index (κ1) is 15.4. The molecule has 0 aliphatic carbocycles. The summed E-state index contributed by atoms with van der Waals surface area (Å²) in [6, 6.07) is 17.5. The number of halogens is 2. The molecule has 0 atom stereocenters. The summed E-state index contributed by atoms with van der Waals surface area (Å²) in [5, 5.41) is 0. The number of benzene rings is 2. The predicted octanol–water partition coefficient (Wildman–Crippen LogP) is 2.17. The van der Waals surface area contributed by atoms with E-state index in [4.69, 9.17) is 0 Å². The molecule has 0 saturated carbocycles. The van der Waals surface area contributed by atoms with Gasteiger partial charge in [0.15, 0.2) is 0 Å². The van der Waals surface area contributed by atoms with Crippen LogP contribution >= 0.6 is 45.2 Å². The number of hydrogen-bond acceptors (Lipinski definition) is 0. The summed E-state index contributed by atoms with van der Waals surface area (Å²) in [4.78, 5) is 0. The van der Waals surface area contributed by atoms with E-state index in [0.717, 1.165) is 0 Å². The van der Waals surface area contributed by atoms with Gasteiger partial charge in [-0.2, -0.15) is 0 Å². The molecule has 0 aliphatic rings.